The summed E-state index contributed by atoms with van der Waals surface area (Å²) in [4.78, 5) is 11.2. The molecule has 1 aromatic carbocycles. The van der Waals surface area contributed by atoms with E-state index >= 15 is 0 Å². The van der Waals surface area contributed by atoms with Crippen molar-refractivity contribution in [3.8, 4) is 0 Å². The lowest BCUT2D eigenvalue weighted by Gasteiger charge is -2.07. The zero-order valence-corrected chi connectivity index (χ0v) is 9.22. The van der Waals surface area contributed by atoms with Crippen LogP contribution in [0.2, 0.25) is 5.02 Å². The normalized spacial score (nSPS) is 9.94. The van der Waals surface area contributed by atoms with Gasteiger partial charge in [-0.1, -0.05) is 11.6 Å². The van der Waals surface area contributed by atoms with Crippen molar-refractivity contribution < 1.29 is 14.3 Å². The van der Waals surface area contributed by atoms with Crippen LogP contribution >= 0.6 is 11.6 Å². The molecule has 0 heterocycles. The third-order valence-electron chi connectivity index (χ3n) is 1.80. The molecule has 0 aliphatic carbocycles. The number of aliphatic hydroxyl groups is 1. The summed E-state index contributed by atoms with van der Waals surface area (Å²) in [5.41, 5.74) is 0.323. The molecule has 88 valence electrons. The van der Waals surface area contributed by atoms with Crippen LogP contribution in [0, 0.1) is 5.82 Å². The summed E-state index contributed by atoms with van der Waals surface area (Å²) in [5.74, 6) is -0.588. The number of benzene rings is 1. The van der Waals surface area contributed by atoms with Crippen molar-refractivity contribution in [2.75, 3.05) is 18.5 Å². The number of amides is 2. The second-order valence-corrected chi connectivity index (χ2v) is 3.49. The Hall–Kier alpha value is -1.33. The van der Waals surface area contributed by atoms with Crippen LogP contribution < -0.4 is 10.6 Å². The van der Waals surface area contributed by atoms with E-state index < -0.39 is 11.8 Å². The van der Waals surface area contributed by atoms with E-state index in [4.69, 9.17) is 16.7 Å². The number of rotatable bonds is 4. The van der Waals surface area contributed by atoms with Gasteiger partial charge in [0.25, 0.3) is 0 Å². The molecule has 6 heteroatoms. The van der Waals surface area contributed by atoms with Gasteiger partial charge in [0.1, 0.15) is 5.82 Å². The van der Waals surface area contributed by atoms with Crippen LogP contribution in [0.1, 0.15) is 6.42 Å². The minimum absolute atomic E-state index is 0.00578. The molecular weight excluding hydrogens is 235 g/mol. The Balaban J connectivity index is 2.46. The van der Waals surface area contributed by atoms with Crippen LogP contribution in [0.3, 0.4) is 0 Å². The summed E-state index contributed by atoms with van der Waals surface area (Å²) in [7, 11) is 0. The SMILES string of the molecule is O=C(NCCCO)Nc1ccc(Cl)c(F)c1. The Kier molecular flexibility index (Phi) is 5.01. The van der Waals surface area contributed by atoms with Gasteiger partial charge < -0.3 is 15.7 Å². The summed E-state index contributed by atoms with van der Waals surface area (Å²) < 4.78 is 13.0. The zero-order chi connectivity index (χ0) is 12.0. The summed E-state index contributed by atoms with van der Waals surface area (Å²) in [5, 5.41) is 13.4. The molecule has 4 nitrogen and oxygen atoms in total. The average molecular weight is 247 g/mol. The third-order valence-corrected chi connectivity index (χ3v) is 2.10. The molecule has 0 bridgehead atoms. The van der Waals surface area contributed by atoms with Crippen LogP contribution in [0.15, 0.2) is 18.2 Å². The number of hydrogen-bond donors (Lipinski definition) is 3. The molecule has 1 aromatic rings. The quantitative estimate of drug-likeness (QED) is 0.712. The molecule has 0 aliphatic heterocycles. The van der Waals surface area contributed by atoms with Gasteiger partial charge in [0, 0.05) is 18.8 Å². The first-order valence-electron chi connectivity index (χ1n) is 4.74. The number of hydrogen-bond acceptors (Lipinski definition) is 2. The topological polar surface area (TPSA) is 61.4 Å². The molecule has 0 saturated carbocycles. The van der Waals surface area contributed by atoms with Gasteiger partial charge in [-0.2, -0.15) is 0 Å². The van der Waals surface area contributed by atoms with Crippen LogP contribution in [0.25, 0.3) is 0 Å². The van der Waals surface area contributed by atoms with Gasteiger partial charge in [0.05, 0.1) is 5.02 Å². The Bertz CT molecular complexity index is 374. The van der Waals surface area contributed by atoms with E-state index in [0.29, 0.717) is 18.7 Å². The van der Waals surface area contributed by atoms with Crippen molar-refractivity contribution in [1.29, 1.82) is 0 Å². The largest absolute Gasteiger partial charge is 0.396 e. The first-order valence-corrected chi connectivity index (χ1v) is 5.12. The highest BCUT2D eigenvalue weighted by molar-refractivity contribution is 6.30. The van der Waals surface area contributed by atoms with Gasteiger partial charge in [-0.25, -0.2) is 9.18 Å². The van der Waals surface area contributed by atoms with Gasteiger partial charge in [-0.05, 0) is 24.6 Å². The lowest BCUT2D eigenvalue weighted by molar-refractivity contribution is 0.249. The summed E-state index contributed by atoms with van der Waals surface area (Å²) in [6.07, 6.45) is 0.475. The number of aliphatic hydroxyl groups excluding tert-OH is 1. The van der Waals surface area contributed by atoms with E-state index in [1.54, 1.807) is 0 Å². The molecule has 1 rings (SSSR count). The lowest BCUT2D eigenvalue weighted by atomic mass is 10.3. The van der Waals surface area contributed by atoms with Crippen molar-refractivity contribution >= 4 is 23.3 Å². The number of urea groups is 1. The minimum atomic E-state index is -0.588. The predicted octanol–water partition coefficient (Wildman–Crippen LogP) is 1.98. The molecule has 0 atom stereocenters. The standard InChI is InChI=1S/C10H12ClFN2O2/c11-8-3-2-7(6-9(8)12)14-10(16)13-4-1-5-15/h2-3,6,15H,1,4-5H2,(H2,13,14,16). The van der Waals surface area contributed by atoms with Gasteiger partial charge in [0.2, 0.25) is 0 Å². The molecule has 0 unspecified atom stereocenters. The fourth-order valence-corrected chi connectivity index (χ4v) is 1.15. The lowest BCUT2D eigenvalue weighted by Crippen LogP contribution is -2.29. The summed E-state index contributed by atoms with van der Waals surface area (Å²) >= 11 is 5.49. The van der Waals surface area contributed by atoms with Crippen molar-refractivity contribution in [2.45, 2.75) is 6.42 Å². The van der Waals surface area contributed by atoms with E-state index in [0.717, 1.165) is 6.07 Å². The molecule has 0 radical (unpaired) electrons. The first-order chi connectivity index (χ1) is 7.63. The number of carbonyl (C=O) groups is 1. The number of carbonyl (C=O) groups excluding carboxylic acids is 1. The molecule has 0 saturated heterocycles. The molecule has 2 amide bonds. The Morgan fingerprint density at radius 1 is 1.50 bits per heavy atom. The Labute approximate surface area is 97.4 Å². The van der Waals surface area contributed by atoms with Gasteiger partial charge in [-0.3, -0.25) is 0 Å². The number of halogens is 2. The third kappa shape index (κ3) is 4.04. The van der Waals surface area contributed by atoms with Crippen molar-refractivity contribution in [3.05, 3.63) is 29.0 Å². The molecule has 0 aromatic heterocycles. The smallest absolute Gasteiger partial charge is 0.319 e. The maximum Gasteiger partial charge on any atom is 0.319 e. The second-order valence-electron chi connectivity index (χ2n) is 3.09. The number of anilines is 1. The van der Waals surface area contributed by atoms with Crippen molar-refractivity contribution in [3.63, 3.8) is 0 Å². The van der Waals surface area contributed by atoms with Gasteiger partial charge >= 0.3 is 6.03 Å². The highest BCUT2D eigenvalue weighted by Gasteiger charge is 2.04. The first kappa shape index (κ1) is 12.7. The monoisotopic (exact) mass is 246 g/mol. The maximum atomic E-state index is 13.0. The molecule has 0 spiro atoms. The van der Waals surface area contributed by atoms with E-state index in [2.05, 4.69) is 10.6 Å². The molecule has 3 N–H and O–H groups in total. The van der Waals surface area contributed by atoms with E-state index in [-0.39, 0.29) is 11.6 Å². The number of nitrogens with one attached hydrogen (secondary N) is 2. The zero-order valence-electron chi connectivity index (χ0n) is 8.46. The Morgan fingerprint density at radius 2 is 2.25 bits per heavy atom. The predicted molar refractivity (Wildman–Crippen MR) is 60.1 cm³/mol. The maximum absolute atomic E-state index is 13.0. The van der Waals surface area contributed by atoms with Gasteiger partial charge in [0.15, 0.2) is 0 Å². The highest BCUT2D eigenvalue weighted by atomic mass is 35.5. The minimum Gasteiger partial charge on any atom is -0.396 e. The molecule has 16 heavy (non-hydrogen) atoms. The van der Waals surface area contributed by atoms with Crippen molar-refractivity contribution in [2.24, 2.45) is 0 Å². The summed E-state index contributed by atoms with van der Waals surface area (Å²) in [6, 6.07) is 3.54. The van der Waals surface area contributed by atoms with Crippen LogP contribution in [0.5, 0.6) is 0 Å². The summed E-state index contributed by atoms with van der Waals surface area (Å²) in [6.45, 7) is 0.369. The fraction of sp³-hybridized carbons (Fsp3) is 0.300. The van der Waals surface area contributed by atoms with Crippen molar-refractivity contribution in [1.82, 2.24) is 5.32 Å². The van der Waals surface area contributed by atoms with E-state index in [9.17, 15) is 9.18 Å². The van der Waals surface area contributed by atoms with Crippen LogP contribution in [0.4, 0.5) is 14.9 Å². The molecule has 0 aliphatic rings. The van der Waals surface area contributed by atoms with E-state index in [1.165, 1.54) is 12.1 Å². The average Bonchev–Trinajstić information content (AvgIpc) is 2.24. The van der Waals surface area contributed by atoms with E-state index in [1.807, 2.05) is 0 Å². The second kappa shape index (κ2) is 6.30. The van der Waals surface area contributed by atoms with Gasteiger partial charge in [-0.15, -0.1) is 0 Å². The van der Waals surface area contributed by atoms with Crippen LogP contribution in [-0.2, 0) is 0 Å². The fourth-order valence-electron chi connectivity index (χ4n) is 1.03. The van der Waals surface area contributed by atoms with Crippen LogP contribution in [-0.4, -0.2) is 24.3 Å². The Morgan fingerprint density at radius 3 is 2.88 bits per heavy atom. The molecular formula is C10H12ClFN2O2. The highest BCUT2D eigenvalue weighted by Crippen LogP contribution is 2.18. The molecule has 0 fully saturated rings.